The van der Waals surface area contributed by atoms with Crippen LogP contribution in [0.4, 0.5) is 0 Å². The lowest BCUT2D eigenvalue weighted by Gasteiger charge is -2.27. The number of aryl methyl sites for hydroxylation is 3. The van der Waals surface area contributed by atoms with Gasteiger partial charge in [0.1, 0.15) is 16.6 Å². The monoisotopic (exact) mass is 435 g/mol. The number of ether oxygens (including phenoxy) is 1. The number of nitrogens with zero attached hydrogens (tertiary/aromatic N) is 3. The van der Waals surface area contributed by atoms with E-state index in [0.717, 1.165) is 57.4 Å². The number of thiophene rings is 1. The van der Waals surface area contributed by atoms with Gasteiger partial charge in [0, 0.05) is 45.7 Å². The quantitative estimate of drug-likeness (QED) is 0.343. The van der Waals surface area contributed by atoms with Crippen molar-refractivity contribution in [2.75, 3.05) is 0 Å². The number of pyridine rings is 2. The second kappa shape index (κ2) is 8.17. The predicted octanol–water partition coefficient (Wildman–Crippen LogP) is 6.10. The standard InChI is InChI=1S/C25H29N3O2S/c1-7-17-19(8-2)31-24-23(17)22(16-9-10-20-26-11-12-28(20)13-16)21(15(3)27-24)18(14-29)30-25(4,5)6/h9-14,18H,7-8H2,1-6H3. The van der Waals surface area contributed by atoms with Gasteiger partial charge in [0.05, 0.1) is 5.60 Å². The van der Waals surface area contributed by atoms with Gasteiger partial charge in [0.15, 0.2) is 6.29 Å². The van der Waals surface area contributed by atoms with Gasteiger partial charge in [-0.25, -0.2) is 9.97 Å². The molecule has 0 N–H and O–H groups in total. The van der Waals surface area contributed by atoms with Crippen LogP contribution in [0.1, 0.15) is 62.4 Å². The molecule has 4 rings (SSSR count). The van der Waals surface area contributed by atoms with Crippen molar-refractivity contribution in [1.82, 2.24) is 14.4 Å². The SMILES string of the molecule is CCc1sc2nc(C)c(C(C=O)OC(C)(C)C)c(-c3ccc4nccn4c3)c2c1CC. The molecule has 0 fully saturated rings. The lowest BCUT2D eigenvalue weighted by atomic mass is 9.91. The molecule has 0 aliphatic heterocycles. The van der Waals surface area contributed by atoms with E-state index in [1.807, 2.05) is 44.4 Å². The van der Waals surface area contributed by atoms with Gasteiger partial charge in [-0.15, -0.1) is 11.3 Å². The Labute approximate surface area is 187 Å². The number of fused-ring (bicyclic) bond motifs is 2. The Morgan fingerprint density at radius 1 is 1.23 bits per heavy atom. The highest BCUT2D eigenvalue weighted by atomic mass is 32.1. The minimum atomic E-state index is -0.694. The molecule has 0 radical (unpaired) electrons. The van der Waals surface area contributed by atoms with Crippen LogP contribution in [0.2, 0.25) is 0 Å². The fraction of sp³-hybridized carbons (Fsp3) is 0.400. The first kappa shape index (κ1) is 21.7. The molecule has 0 spiro atoms. The number of carbonyl (C=O) groups is 1. The van der Waals surface area contributed by atoms with Gasteiger partial charge < -0.3 is 13.9 Å². The van der Waals surface area contributed by atoms with Crippen LogP contribution in [0.15, 0.2) is 30.7 Å². The zero-order valence-electron chi connectivity index (χ0n) is 19.0. The number of hydrogen-bond acceptors (Lipinski definition) is 5. The summed E-state index contributed by atoms with van der Waals surface area (Å²) in [7, 11) is 0. The van der Waals surface area contributed by atoms with Gasteiger partial charge in [-0.2, -0.15) is 0 Å². The van der Waals surface area contributed by atoms with Crippen LogP contribution in [0.5, 0.6) is 0 Å². The molecular weight excluding hydrogens is 406 g/mol. The van der Waals surface area contributed by atoms with Crippen molar-refractivity contribution < 1.29 is 9.53 Å². The zero-order chi connectivity index (χ0) is 22.3. The molecule has 162 valence electrons. The molecule has 4 aromatic heterocycles. The molecule has 0 aliphatic rings. The maximum Gasteiger partial charge on any atom is 0.153 e. The van der Waals surface area contributed by atoms with Gasteiger partial charge >= 0.3 is 0 Å². The van der Waals surface area contributed by atoms with E-state index in [1.165, 1.54) is 10.4 Å². The summed E-state index contributed by atoms with van der Waals surface area (Å²) in [5.74, 6) is 0. The Morgan fingerprint density at radius 3 is 2.65 bits per heavy atom. The first-order chi connectivity index (χ1) is 14.8. The van der Waals surface area contributed by atoms with E-state index in [1.54, 1.807) is 17.5 Å². The van der Waals surface area contributed by atoms with Gasteiger partial charge in [0.2, 0.25) is 0 Å². The molecule has 31 heavy (non-hydrogen) atoms. The Balaban J connectivity index is 2.11. The van der Waals surface area contributed by atoms with Crippen molar-refractivity contribution in [3.8, 4) is 11.1 Å². The van der Waals surface area contributed by atoms with E-state index >= 15 is 0 Å². The van der Waals surface area contributed by atoms with E-state index in [-0.39, 0.29) is 0 Å². The summed E-state index contributed by atoms with van der Waals surface area (Å²) < 4.78 is 8.23. The number of rotatable bonds is 6. The molecule has 6 heteroatoms. The Bertz CT molecular complexity index is 1260. The van der Waals surface area contributed by atoms with Crippen LogP contribution < -0.4 is 0 Å². The van der Waals surface area contributed by atoms with Crippen molar-refractivity contribution >= 4 is 33.5 Å². The van der Waals surface area contributed by atoms with Gasteiger partial charge in [0.25, 0.3) is 0 Å². The first-order valence-corrected chi connectivity index (χ1v) is 11.6. The lowest BCUT2D eigenvalue weighted by Crippen LogP contribution is -2.24. The van der Waals surface area contributed by atoms with E-state index in [2.05, 4.69) is 31.1 Å². The molecular formula is C25H29N3O2S. The van der Waals surface area contributed by atoms with Gasteiger partial charge in [-0.3, -0.25) is 0 Å². The van der Waals surface area contributed by atoms with Crippen molar-refractivity contribution in [3.05, 3.63) is 52.4 Å². The number of hydrogen-bond donors (Lipinski definition) is 0. The van der Waals surface area contributed by atoms with Crippen LogP contribution in [0.3, 0.4) is 0 Å². The van der Waals surface area contributed by atoms with Crippen LogP contribution in [-0.4, -0.2) is 26.3 Å². The Hall–Kier alpha value is -2.57. The van der Waals surface area contributed by atoms with E-state index in [9.17, 15) is 4.79 Å². The number of carbonyl (C=O) groups excluding carboxylic acids is 1. The summed E-state index contributed by atoms with van der Waals surface area (Å²) in [6.45, 7) is 12.3. The summed E-state index contributed by atoms with van der Waals surface area (Å²) in [6.07, 6.45) is 7.91. The summed E-state index contributed by atoms with van der Waals surface area (Å²) >= 11 is 1.76. The highest BCUT2D eigenvalue weighted by Crippen LogP contribution is 2.43. The predicted molar refractivity (Wildman–Crippen MR) is 127 cm³/mol. The van der Waals surface area contributed by atoms with Crippen LogP contribution in [0.25, 0.3) is 27.0 Å². The first-order valence-electron chi connectivity index (χ1n) is 10.8. The third-order valence-corrected chi connectivity index (χ3v) is 6.76. The number of imidazole rings is 1. The molecule has 0 saturated carbocycles. The third-order valence-electron chi connectivity index (χ3n) is 5.49. The smallest absolute Gasteiger partial charge is 0.153 e. The maximum absolute atomic E-state index is 12.3. The average molecular weight is 436 g/mol. The molecule has 0 aliphatic carbocycles. The maximum atomic E-state index is 12.3. The fourth-order valence-electron chi connectivity index (χ4n) is 4.27. The summed E-state index contributed by atoms with van der Waals surface area (Å²) in [5.41, 5.74) is 5.52. The molecule has 1 unspecified atom stereocenters. The van der Waals surface area contributed by atoms with Crippen molar-refractivity contribution in [2.45, 2.75) is 66.1 Å². The van der Waals surface area contributed by atoms with Gasteiger partial charge in [-0.05, 0) is 63.8 Å². The normalized spacial score (nSPS) is 13.2. The summed E-state index contributed by atoms with van der Waals surface area (Å²) in [4.78, 5) is 24.0. The van der Waals surface area contributed by atoms with Crippen LogP contribution >= 0.6 is 11.3 Å². The highest BCUT2D eigenvalue weighted by Gasteiger charge is 2.29. The molecule has 4 heterocycles. The van der Waals surface area contributed by atoms with E-state index < -0.39 is 11.7 Å². The molecule has 0 amide bonds. The number of aromatic nitrogens is 3. The van der Waals surface area contributed by atoms with Crippen molar-refractivity contribution in [3.63, 3.8) is 0 Å². The van der Waals surface area contributed by atoms with E-state index in [4.69, 9.17) is 9.72 Å². The summed E-state index contributed by atoms with van der Waals surface area (Å²) in [6, 6.07) is 4.10. The minimum absolute atomic E-state index is 0.463. The lowest BCUT2D eigenvalue weighted by molar-refractivity contribution is -0.128. The zero-order valence-corrected chi connectivity index (χ0v) is 19.8. The third kappa shape index (κ3) is 3.90. The summed E-state index contributed by atoms with van der Waals surface area (Å²) in [5, 5.41) is 1.15. The van der Waals surface area contributed by atoms with Crippen LogP contribution in [0, 0.1) is 6.92 Å². The van der Waals surface area contributed by atoms with Crippen molar-refractivity contribution in [1.29, 1.82) is 0 Å². The molecule has 0 bridgehead atoms. The molecule has 5 nitrogen and oxygen atoms in total. The topological polar surface area (TPSA) is 56.5 Å². The van der Waals surface area contributed by atoms with Gasteiger partial charge in [-0.1, -0.05) is 13.8 Å². The molecule has 1 atom stereocenters. The molecule has 0 aromatic carbocycles. The largest absolute Gasteiger partial charge is 0.360 e. The Morgan fingerprint density at radius 2 is 2.00 bits per heavy atom. The van der Waals surface area contributed by atoms with Crippen LogP contribution in [-0.2, 0) is 22.4 Å². The minimum Gasteiger partial charge on any atom is -0.360 e. The second-order valence-electron chi connectivity index (χ2n) is 8.77. The second-order valence-corrected chi connectivity index (χ2v) is 9.86. The highest BCUT2D eigenvalue weighted by molar-refractivity contribution is 7.19. The Kier molecular flexibility index (Phi) is 5.71. The fourth-order valence-corrected chi connectivity index (χ4v) is 5.53. The van der Waals surface area contributed by atoms with E-state index in [0.29, 0.717) is 0 Å². The average Bonchev–Trinajstić information content (AvgIpc) is 3.33. The molecule has 0 saturated heterocycles. The molecule has 4 aromatic rings. The van der Waals surface area contributed by atoms with Crippen molar-refractivity contribution in [2.24, 2.45) is 0 Å². The number of aldehydes is 1.